The van der Waals surface area contributed by atoms with E-state index in [1.165, 1.54) is 5.56 Å². The van der Waals surface area contributed by atoms with Gasteiger partial charge in [-0.1, -0.05) is 38.1 Å². The maximum absolute atomic E-state index is 12.7. The van der Waals surface area contributed by atoms with Gasteiger partial charge in [-0.3, -0.25) is 9.78 Å². The highest BCUT2D eigenvalue weighted by atomic mass is 16.4. The largest absolute Gasteiger partial charge is 0.465 e. The molecule has 2 heterocycles. The monoisotopic (exact) mass is 468 g/mol. The molecular weight excluding hydrogens is 432 g/mol. The van der Waals surface area contributed by atoms with E-state index in [1.807, 2.05) is 38.1 Å². The van der Waals surface area contributed by atoms with Crippen molar-refractivity contribution in [3.8, 4) is 11.3 Å². The summed E-state index contributed by atoms with van der Waals surface area (Å²) in [5, 5.41) is 25.1. The summed E-state index contributed by atoms with van der Waals surface area (Å²) in [4.78, 5) is 30.5. The molecule has 1 aromatic carbocycles. The molecule has 8 heteroatoms. The second-order valence-corrected chi connectivity index (χ2v) is 9.42. The molecule has 1 aliphatic rings. The number of carbonyl (C=O) groups is 2. The quantitative estimate of drug-likeness (QED) is 0.450. The van der Waals surface area contributed by atoms with Gasteiger partial charge in [-0.25, -0.2) is 4.79 Å². The molecule has 34 heavy (non-hydrogen) atoms. The third-order valence-corrected chi connectivity index (χ3v) is 6.15. The molecule has 0 radical (unpaired) electrons. The van der Waals surface area contributed by atoms with Crippen molar-refractivity contribution in [2.24, 2.45) is 5.92 Å². The van der Waals surface area contributed by atoms with Crippen LogP contribution in [-0.2, 0) is 11.2 Å². The Hall–Kier alpha value is -2.97. The maximum atomic E-state index is 12.7. The minimum Gasteiger partial charge on any atom is -0.465 e. The summed E-state index contributed by atoms with van der Waals surface area (Å²) < 4.78 is 0. The van der Waals surface area contributed by atoms with Crippen molar-refractivity contribution in [3.63, 3.8) is 0 Å². The summed E-state index contributed by atoms with van der Waals surface area (Å²) in [7, 11) is 0. The van der Waals surface area contributed by atoms with Crippen LogP contribution in [0.25, 0.3) is 11.3 Å². The van der Waals surface area contributed by atoms with Crippen LogP contribution in [0.2, 0.25) is 0 Å². The predicted molar refractivity (Wildman–Crippen MR) is 131 cm³/mol. The number of nitrogens with one attached hydrogen (secondary N) is 2. The molecule has 0 bridgehead atoms. The number of nitrogens with zero attached hydrogens (tertiary/aromatic N) is 2. The lowest BCUT2D eigenvalue weighted by molar-refractivity contribution is -0.125. The molecule has 184 valence electrons. The first-order chi connectivity index (χ1) is 16.3. The highest BCUT2D eigenvalue weighted by Crippen LogP contribution is 2.19. The molecule has 2 amide bonds. The summed E-state index contributed by atoms with van der Waals surface area (Å²) in [5.41, 5.74) is 3.24. The third kappa shape index (κ3) is 7.81. The molecule has 1 fully saturated rings. The fraction of sp³-hybridized carbons (Fsp3) is 0.500. The topological polar surface area (TPSA) is 115 Å². The highest BCUT2D eigenvalue weighted by molar-refractivity contribution is 5.85. The standard InChI is InChI=1S/C26H36N4O4/c1-18(2)15-23(29-26(33)34)25(32)28-22-10-6-13-30(17-24(22)31)14-11-19-7-5-8-20(16-19)21-9-3-4-12-27-21/h3-5,7-9,12,16,18,22-24,29,31H,6,10-11,13-15,17H2,1-2H3,(H,28,32)(H,33,34)/t22?,23?,24-/m0/s1. The molecule has 4 N–H and O–H groups in total. The van der Waals surface area contributed by atoms with Gasteiger partial charge in [0.1, 0.15) is 6.04 Å². The number of β-amino-alcohol motifs (C(OH)–C–C–N with tert-alkyl or cyclic N) is 1. The molecule has 3 rings (SSSR count). The number of likely N-dealkylation sites (tertiary alicyclic amines) is 1. The Morgan fingerprint density at radius 3 is 2.74 bits per heavy atom. The summed E-state index contributed by atoms with van der Waals surface area (Å²) in [6.45, 7) is 5.99. The highest BCUT2D eigenvalue weighted by Gasteiger charge is 2.30. The molecule has 0 saturated carbocycles. The molecule has 3 atom stereocenters. The van der Waals surface area contributed by atoms with Gasteiger partial charge in [-0.05, 0) is 61.9 Å². The summed E-state index contributed by atoms with van der Waals surface area (Å²) >= 11 is 0. The normalized spacial score (nSPS) is 19.9. The second kappa shape index (κ2) is 12.5. The Balaban J connectivity index is 1.54. The SMILES string of the molecule is CC(C)CC(NC(=O)O)C(=O)NC1CCCN(CCc2cccc(-c3ccccn3)c2)C[C@@H]1O. The van der Waals surface area contributed by atoms with Crippen molar-refractivity contribution in [1.82, 2.24) is 20.5 Å². The summed E-state index contributed by atoms with van der Waals surface area (Å²) in [6, 6.07) is 13.0. The number of amides is 2. The average Bonchev–Trinajstić information content (AvgIpc) is 2.98. The zero-order valence-corrected chi connectivity index (χ0v) is 20.0. The van der Waals surface area contributed by atoms with Gasteiger partial charge in [0.15, 0.2) is 0 Å². The Kier molecular flexibility index (Phi) is 9.42. The zero-order chi connectivity index (χ0) is 24.5. The molecule has 1 saturated heterocycles. The van der Waals surface area contributed by atoms with E-state index in [1.54, 1.807) is 6.20 Å². The molecule has 8 nitrogen and oxygen atoms in total. The Morgan fingerprint density at radius 1 is 1.21 bits per heavy atom. The van der Waals surface area contributed by atoms with Crippen LogP contribution in [0.1, 0.15) is 38.7 Å². The number of carbonyl (C=O) groups excluding carboxylic acids is 1. The fourth-order valence-electron chi connectivity index (χ4n) is 4.42. The molecule has 1 aliphatic heterocycles. The number of hydrogen-bond acceptors (Lipinski definition) is 5. The van der Waals surface area contributed by atoms with Crippen LogP contribution >= 0.6 is 0 Å². The molecular formula is C26H36N4O4. The Morgan fingerprint density at radius 2 is 2.03 bits per heavy atom. The summed E-state index contributed by atoms with van der Waals surface area (Å²) in [5.74, 6) is -0.215. The number of carboxylic acid groups (broad SMARTS) is 1. The van der Waals surface area contributed by atoms with Crippen molar-refractivity contribution in [3.05, 3.63) is 54.2 Å². The molecule has 0 aliphatic carbocycles. The number of aromatic nitrogens is 1. The van der Waals surface area contributed by atoms with Crippen LogP contribution < -0.4 is 10.6 Å². The van der Waals surface area contributed by atoms with Crippen LogP contribution in [0.4, 0.5) is 4.79 Å². The Labute approximate surface area is 201 Å². The van der Waals surface area contributed by atoms with E-state index in [4.69, 9.17) is 5.11 Å². The van der Waals surface area contributed by atoms with Crippen molar-refractivity contribution in [2.75, 3.05) is 19.6 Å². The van der Waals surface area contributed by atoms with Crippen LogP contribution in [0.5, 0.6) is 0 Å². The van der Waals surface area contributed by atoms with Crippen LogP contribution in [-0.4, -0.2) is 69.9 Å². The lowest BCUT2D eigenvalue weighted by Gasteiger charge is -2.27. The third-order valence-electron chi connectivity index (χ3n) is 6.15. The van der Waals surface area contributed by atoms with E-state index in [0.29, 0.717) is 19.4 Å². The van der Waals surface area contributed by atoms with Crippen molar-refractivity contribution in [1.29, 1.82) is 0 Å². The number of aliphatic hydroxyl groups is 1. The van der Waals surface area contributed by atoms with E-state index in [2.05, 4.69) is 38.7 Å². The molecule has 1 aromatic heterocycles. The first-order valence-electron chi connectivity index (χ1n) is 12.0. The number of rotatable bonds is 9. The van der Waals surface area contributed by atoms with E-state index >= 15 is 0 Å². The van der Waals surface area contributed by atoms with Crippen LogP contribution in [0.3, 0.4) is 0 Å². The van der Waals surface area contributed by atoms with Gasteiger partial charge < -0.3 is 25.7 Å². The first-order valence-corrected chi connectivity index (χ1v) is 12.0. The second-order valence-electron chi connectivity index (χ2n) is 9.42. The van der Waals surface area contributed by atoms with Crippen molar-refractivity contribution < 1.29 is 19.8 Å². The molecule has 2 unspecified atom stereocenters. The van der Waals surface area contributed by atoms with Gasteiger partial charge in [0.05, 0.1) is 17.8 Å². The van der Waals surface area contributed by atoms with Gasteiger partial charge in [-0.15, -0.1) is 0 Å². The predicted octanol–water partition coefficient (Wildman–Crippen LogP) is 2.91. The minimum atomic E-state index is -1.22. The van der Waals surface area contributed by atoms with E-state index in [-0.39, 0.29) is 11.8 Å². The molecule has 0 spiro atoms. The zero-order valence-electron chi connectivity index (χ0n) is 20.0. The smallest absolute Gasteiger partial charge is 0.405 e. The van der Waals surface area contributed by atoms with Gasteiger partial charge in [0.25, 0.3) is 0 Å². The maximum Gasteiger partial charge on any atom is 0.405 e. The number of aliphatic hydroxyl groups excluding tert-OH is 1. The first kappa shape index (κ1) is 25.6. The average molecular weight is 469 g/mol. The minimum absolute atomic E-state index is 0.160. The number of hydrogen-bond donors (Lipinski definition) is 4. The van der Waals surface area contributed by atoms with Crippen molar-refractivity contribution >= 4 is 12.0 Å². The van der Waals surface area contributed by atoms with Gasteiger partial charge in [-0.2, -0.15) is 0 Å². The van der Waals surface area contributed by atoms with Gasteiger partial charge in [0, 0.05) is 24.8 Å². The van der Waals surface area contributed by atoms with E-state index < -0.39 is 24.3 Å². The molecule has 2 aromatic rings. The van der Waals surface area contributed by atoms with Crippen LogP contribution in [0, 0.1) is 5.92 Å². The fourth-order valence-corrected chi connectivity index (χ4v) is 4.42. The number of benzene rings is 1. The van der Waals surface area contributed by atoms with E-state index in [9.17, 15) is 14.7 Å². The lowest BCUT2D eigenvalue weighted by Crippen LogP contribution is -2.53. The van der Waals surface area contributed by atoms with Crippen LogP contribution in [0.15, 0.2) is 48.7 Å². The lowest BCUT2D eigenvalue weighted by atomic mass is 10.0. The summed E-state index contributed by atoms with van der Waals surface area (Å²) in [6.07, 6.45) is 2.61. The van der Waals surface area contributed by atoms with Crippen molar-refractivity contribution in [2.45, 2.75) is 57.7 Å². The Bertz CT molecular complexity index is 937. The van der Waals surface area contributed by atoms with E-state index in [0.717, 1.165) is 37.2 Å². The van der Waals surface area contributed by atoms with Gasteiger partial charge >= 0.3 is 6.09 Å². The number of pyridine rings is 1. The van der Waals surface area contributed by atoms with Gasteiger partial charge in [0.2, 0.25) is 5.91 Å².